The van der Waals surface area contributed by atoms with Crippen molar-refractivity contribution in [2.75, 3.05) is 39.8 Å². The van der Waals surface area contributed by atoms with Gasteiger partial charge in [0.1, 0.15) is 0 Å². The highest BCUT2D eigenvalue weighted by atomic mass is 32.2. The molecule has 0 N–H and O–H groups in total. The van der Waals surface area contributed by atoms with E-state index in [4.69, 9.17) is 0 Å². The molecule has 0 saturated carbocycles. The number of hydrogen-bond acceptors (Lipinski definition) is 4. The normalized spacial score (nSPS) is 23.2. The molecule has 26 heavy (non-hydrogen) atoms. The number of piperidine rings is 1. The quantitative estimate of drug-likeness (QED) is 0.803. The van der Waals surface area contributed by atoms with E-state index in [-0.39, 0.29) is 16.8 Å². The molecule has 7 heteroatoms. The molecule has 2 saturated heterocycles. The number of carbonyl (C=O) groups is 1. The first kappa shape index (κ1) is 19.3. The second-order valence-corrected chi connectivity index (χ2v) is 9.18. The summed E-state index contributed by atoms with van der Waals surface area (Å²) in [5, 5.41) is 0. The Bertz CT molecular complexity index is 725. The van der Waals surface area contributed by atoms with Gasteiger partial charge in [-0.25, -0.2) is 8.42 Å². The standard InChI is InChI=1S/C19H29N3O3S/c1-3-17-6-4-5-11-22(17)26(24,25)18-9-7-16(8-10-18)19(23)21-14-12-20(2)13-15-21/h7-10,17H,3-6,11-15H2,1-2H3. The number of piperazine rings is 1. The van der Waals surface area contributed by atoms with E-state index in [9.17, 15) is 13.2 Å². The van der Waals surface area contributed by atoms with Gasteiger partial charge in [0.2, 0.25) is 10.0 Å². The molecular formula is C19H29N3O3S. The van der Waals surface area contributed by atoms with Crippen LogP contribution in [0.4, 0.5) is 0 Å². The monoisotopic (exact) mass is 379 g/mol. The van der Waals surface area contributed by atoms with Crippen molar-refractivity contribution >= 4 is 15.9 Å². The molecule has 0 radical (unpaired) electrons. The van der Waals surface area contributed by atoms with Crippen molar-refractivity contribution in [3.8, 4) is 0 Å². The van der Waals surface area contributed by atoms with Gasteiger partial charge in [-0.05, 0) is 50.6 Å². The molecule has 2 aliphatic rings. The lowest BCUT2D eigenvalue weighted by Gasteiger charge is -2.34. The zero-order valence-electron chi connectivity index (χ0n) is 15.7. The highest BCUT2D eigenvalue weighted by Gasteiger charge is 2.32. The fourth-order valence-corrected chi connectivity index (χ4v) is 5.56. The van der Waals surface area contributed by atoms with Gasteiger partial charge in [-0.1, -0.05) is 13.3 Å². The number of sulfonamides is 1. The zero-order chi connectivity index (χ0) is 18.7. The van der Waals surface area contributed by atoms with Crippen LogP contribution in [0, 0.1) is 0 Å². The Hall–Kier alpha value is -1.44. The van der Waals surface area contributed by atoms with Gasteiger partial charge < -0.3 is 9.80 Å². The van der Waals surface area contributed by atoms with E-state index in [1.807, 2.05) is 18.9 Å². The summed E-state index contributed by atoms with van der Waals surface area (Å²) in [6, 6.07) is 6.55. The highest BCUT2D eigenvalue weighted by molar-refractivity contribution is 7.89. The van der Waals surface area contributed by atoms with Crippen LogP contribution in [0.2, 0.25) is 0 Å². The first-order valence-corrected chi connectivity index (χ1v) is 11.0. The SMILES string of the molecule is CCC1CCCCN1S(=O)(=O)c1ccc(C(=O)N2CCN(C)CC2)cc1. The molecule has 144 valence electrons. The number of likely N-dealkylation sites (N-methyl/N-ethyl adjacent to an activating group) is 1. The van der Waals surface area contributed by atoms with E-state index in [1.54, 1.807) is 28.6 Å². The number of rotatable bonds is 4. The molecule has 2 aliphatic heterocycles. The van der Waals surface area contributed by atoms with Crippen LogP contribution in [0.1, 0.15) is 43.0 Å². The van der Waals surface area contributed by atoms with Crippen LogP contribution < -0.4 is 0 Å². The fourth-order valence-electron chi connectivity index (χ4n) is 3.80. The van der Waals surface area contributed by atoms with Crippen molar-refractivity contribution in [3.63, 3.8) is 0 Å². The lowest BCUT2D eigenvalue weighted by atomic mass is 10.0. The van der Waals surface area contributed by atoms with Gasteiger partial charge in [0.25, 0.3) is 5.91 Å². The van der Waals surface area contributed by atoms with Crippen LogP contribution in [-0.2, 0) is 10.0 Å². The van der Waals surface area contributed by atoms with Crippen LogP contribution in [0.3, 0.4) is 0 Å². The predicted molar refractivity (Wildman–Crippen MR) is 102 cm³/mol. The molecule has 6 nitrogen and oxygen atoms in total. The van der Waals surface area contributed by atoms with E-state index in [2.05, 4.69) is 4.90 Å². The van der Waals surface area contributed by atoms with Crippen molar-refractivity contribution < 1.29 is 13.2 Å². The molecule has 0 aromatic heterocycles. The van der Waals surface area contributed by atoms with Crippen LogP contribution in [-0.4, -0.2) is 74.2 Å². The third kappa shape index (κ3) is 3.94. The number of benzene rings is 1. The Balaban J connectivity index is 1.75. The van der Waals surface area contributed by atoms with Crippen LogP contribution in [0.15, 0.2) is 29.2 Å². The summed E-state index contributed by atoms with van der Waals surface area (Å²) in [7, 11) is -1.45. The maximum atomic E-state index is 13.0. The third-order valence-electron chi connectivity index (χ3n) is 5.54. The minimum Gasteiger partial charge on any atom is -0.336 e. The van der Waals surface area contributed by atoms with E-state index in [0.29, 0.717) is 25.2 Å². The molecule has 0 bridgehead atoms. The zero-order valence-corrected chi connectivity index (χ0v) is 16.5. The van der Waals surface area contributed by atoms with E-state index in [0.717, 1.165) is 38.8 Å². The molecule has 1 aromatic rings. The Kier molecular flexibility index (Phi) is 5.99. The molecule has 0 spiro atoms. The summed E-state index contributed by atoms with van der Waals surface area (Å²) < 4.78 is 27.6. The minimum atomic E-state index is -3.50. The van der Waals surface area contributed by atoms with Gasteiger partial charge in [-0.3, -0.25) is 4.79 Å². The van der Waals surface area contributed by atoms with Crippen LogP contribution in [0.25, 0.3) is 0 Å². The van der Waals surface area contributed by atoms with Gasteiger partial charge in [-0.15, -0.1) is 0 Å². The fraction of sp³-hybridized carbons (Fsp3) is 0.632. The van der Waals surface area contributed by atoms with Gasteiger partial charge in [0.05, 0.1) is 4.90 Å². The number of nitrogens with zero attached hydrogens (tertiary/aromatic N) is 3. The smallest absolute Gasteiger partial charge is 0.253 e. The lowest BCUT2D eigenvalue weighted by Crippen LogP contribution is -2.47. The summed E-state index contributed by atoms with van der Waals surface area (Å²) in [5.74, 6) is -0.0218. The Morgan fingerprint density at radius 3 is 2.31 bits per heavy atom. The van der Waals surface area contributed by atoms with Crippen molar-refractivity contribution in [1.82, 2.24) is 14.1 Å². The molecule has 1 aromatic carbocycles. The highest BCUT2D eigenvalue weighted by Crippen LogP contribution is 2.27. The van der Waals surface area contributed by atoms with Crippen molar-refractivity contribution in [2.24, 2.45) is 0 Å². The van der Waals surface area contributed by atoms with Gasteiger partial charge in [0.15, 0.2) is 0 Å². The summed E-state index contributed by atoms with van der Waals surface area (Å²) in [6.45, 7) is 5.78. The van der Waals surface area contributed by atoms with E-state index in [1.165, 1.54) is 0 Å². The van der Waals surface area contributed by atoms with E-state index < -0.39 is 10.0 Å². The topological polar surface area (TPSA) is 60.9 Å². The first-order valence-electron chi connectivity index (χ1n) is 9.53. The van der Waals surface area contributed by atoms with Gasteiger partial charge in [-0.2, -0.15) is 4.31 Å². The van der Waals surface area contributed by atoms with Crippen LogP contribution >= 0.6 is 0 Å². The van der Waals surface area contributed by atoms with Gasteiger partial charge >= 0.3 is 0 Å². The van der Waals surface area contributed by atoms with Crippen molar-refractivity contribution in [2.45, 2.75) is 43.5 Å². The van der Waals surface area contributed by atoms with E-state index >= 15 is 0 Å². The average molecular weight is 380 g/mol. The molecule has 2 heterocycles. The predicted octanol–water partition coefficient (Wildman–Crippen LogP) is 2.03. The second-order valence-electron chi connectivity index (χ2n) is 7.29. The lowest BCUT2D eigenvalue weighted by molar-refractivity contribution is 0.0664. The molecule has 1 atom stereocenters. The molecule has 3 rings (SSSR count). The number of hydrogen-bond donors (Lipinski definition) is 0. The third-order valence-corrected chi connectivity index (χ3v) is 7.51. The molecular weight excluding hydrogens is 350 g/mol. The molecule has 0 aliphatic carbocycles. The summed E-state index contributed by atoms with van der Waals surface area (Å²) >= 11 is 0. The molecule has 1 amide bonds. The Labute approximate surface area is 156 Å². The number of carbonyl (C=O) groups excluding carboxylic acids is 1. The number of amides is 1. The largest absolute Gasteiger partial charge is 0.336 e. The summed E-state index contributed by atoms with van der Waals surface area (Å²) in [5.41, 5.74) is 0.555. The average Bonchev–Trinajstić information content (AvgIpc) is 2.68. The maximum absolute atomic E-state index is 13.0. The maximum Gasteiger partial charge on any atom is 0.253 e. The molecule has 2 fully saturated rings. The molecule has 1 unspecified atom stereocenters. The van der Waals surface area contributed by atoms with Crippen molar-refractivity contribution in [1.29, 1.82) is 0 Å². The summed E-state index contributed by atoms with van der Waals surface area (Å²) in [4.78, 5) is 16.9. The van der Waals surface area contributed by atoms with Crippen LogP contribution in [0.5, 0.6) is 0 Å². The first-order chi connectivity index (χ1) is 12.4. The Morgan fingerprint density at radius 1 is 1.04 bits per heavy atom. The van der Waals surface area contributed by atoms with Crippen molar-refractivity contribution in [3.05, 3.63) is 29.8 Å². The minimum absolute atomic E-state index is 0.0218. The Morgan fingerprint density at radius 2 is 1.69 bits per heavy atom. The van der Waals surface area contributed by atoms with Gasteiger partial charge in [0, 0.05) is 44.3 Å². The second kappa shape index (κ2) is 8.06. The summed E-state index contributed by atoms with van der Waals surface area (Å²) in [6.07, 6.45) is 3.76.